The number of sulfonamides is 1. The number of Topliss-reactive ketones (excluding diaryl/α,β-unsaturated/α-hetero) is 1. The predicted octanol–water partition coefficient (Wildman–Crippen LogP) is 3.77. The number of hydrogen-bond donors (Lipinski definition) is 1. The van der Waals surface area contributed by atoms with E-state index in [2.05, 4.69) is 4.99 Å². The molecule has 11 nitrogen and oxygen atoms in total. The van der Waals surface area contributed by atoms with E-state index in [4.69, 9.17) is 9.88 Å². The van der Waals surface area contributed by atoms with Crippen LogP contribution in [0.3, 0.4) is 0 Å². The van der Waals surface area contributed by atoms with Gasteiger partial charge in [0, 0.05) is 29.5 Å². The molecule has 0 unspecified atom stereocenters. The molecule has 2 atom stereocenters. The van der Waals surface area contributed by atoms with Gasteiger partial charge in [0.15, 0.2) is 5.78 Å². The summed E-state index contributed by atoms with van der Waals surface area (Å²) in [5, 5.41) is 17.8. The third-order valence-electron chi connectivity index (χ3n) is 5.83. The number of non-ortho nitro benzene ring substituents is 1. The summed E-state index contributed by atoms with van der Waals surface area (Å²) >= 11 is 1.54. The van der Waals surface area contributed by atoms with E-state index in [1.54, 1.807) is 0 Å². The standard InChI is InChI=1S/C24H22N4O7S2/c25-37(33,34)20-9-5-18(6-10-20)26-13-22(29)21-12-17(23-2-1-11-36-23)14-27(21)24(30)35-15-16-3-7-19(8-4-16)28(31)32/h1-11,13,17,21H,12,14-15H2,(H2,25,33,34)/t17-,21-/m0/s1. The molecule has 1 aliphatic heterocycles. The number of nitrogens with zero attached hydrogens (tertiary/aromatic N) is 3. The van der Waals surface area contributed by atoms with Crippen LogP contribution in [-0.2, 0) is 26.2 Å². The van der Waals surface area contributed by atoms with Crippen molar-refractivity contribution < 1.29 is 27.7 Å². The van der Waals surface area contributed by atoms with Crippen LogP contribution in [-0.4, -0.2) is 48.9 Å². The minimum atomic E-state index is -3.85. The van der Waals surface area contributed by atoms with Crippen LogP contribution in [0, 0.1) is 10.1 Å². The van der Waals surface area contributed by atoms with E-state index in [0.29, 0.717) is 17.7 Å². The van der Waals surface area contributed by atoms with Crippen molar-refractivity contribution in [1.82, 2.24) is 4.90 Å². The largest absolute Gasteiger partial charge is 0.445 e. The monoisotopic (exact) mass is 542 g/mol. The Morgan fingerprint density at radius 3 is 2.46 bits per heavy atom. The molecule has 1 saturated heterocycles. The Morgan fingerprint density at radius 1 is 1.16 bits per heavy atom. The first-order valence-corrected chi connectivity index (χ1v) is 13.5. The quantitative estimate of drug-likeness (QED) is 0.257. The van der Waals surface area contributed by atoms with Gasteiger partial charge in [-0.15, -0.1) is 11.3 Å². The molecule has 1 amide bonds. The van der Waals surface area contributed by atoms with E-state index in [1.165, 1.54) is 64.8 Å². The van der Waals surface area contributed by atoms with Crippen LogP contribution in [0.4, 0.5) is 16.2 Å². The number of nitrogens with two attached hydrogens (primary N) is 1. The fraction of sp³-hybridized carbons (Fsp3) is 0.208. The topological polar surface area (TPSA) is 162 Å². The lowest BCUT2D eigenvalue weighted by Gasteiger charge is -2.22. The third kappa shape index (κ3) is 6.44. The smallest absolute Gasteiger partial charge is 0.410 e. The van der Waals surface area contributed by atoms with Crippen LogP contribution < -0.4 is 5.14 Å². The number of carbonyl (C=O) groups is 2. The number of ether oxygens (including phenoxy) is 1. The number of hydrogen-bond acceptors (Lipinski definition) is 9. The molecule has 4 rings (SSSR count). The summed E-state index contributed by atoms with van der Waals surface area (Å²) in [5.74, 6) is -0.454. The summed E-state index contributed by atoms with van der Waals surface area (Å²) in [7, 11) is -3.85. The van der Waals surface area contributed by atoms with Crippen LogP contribution in [0.1, 0.15) is 22.8 Å². The molecule has 2 N–H and O–H groups in total. The van der Waals surface area contributed by atoms with Gasteiger partial charge >= 0.3 is 6.09 Å². The molecule has 2 aromatic carbocycles. The zero-order valence-electron chi connectivity index (χ0n) is 19.3. The van der Waals surface area contributed by atoms with Gasteiger partial charge in [-0.25, -0.2) is 18.4 Å². The molecule has 1 fully saturated rings. The summed E-state index contributed by atoms with van der Waals surface area (Å²) in [6.07, 6.45) is 0.827. The molecule has 0 aliphatic carbocycles. The lowest BCUT2D eigenvalue weighted by Crippen LogP contribution is -2.41. The maximum Gasteiger partial charge on any atom is 0.410 e. The molecular formula is C24H22N4O7S2. The lowest BCUT2D eigenvalue weighted by atomic mass is 10.0. The average molecular weight is 543 g/mol. The Morgan fingerprint density at radius 2 is 1.86 bits per heavy atom. The molecule has 3 aromatic rings. The molecule has 37 heavy (non-hydrogen) atoms. The van der Waals surface area contributed by atoms with Gasteiger partial charge in [0.2, 0.25) is 10.0 Å². The number of thiophene rings is 1. The van der Waals surface area contributed by atoms with Gasteiger partial charge < -0.3 is 4.74 Å². The van der Waals surface area contributed by atoms with Crippen molar-refractivity contribution in [1.29, 1.82) is 0 Å². The Kier molecular flexibility index (Phi) is 7.76. The summed E-state index contributed by atoms with van der Waals surface area (Å²) in [5.41, 5.74) is 0.846. The minimum absolute atomic E-state index is 0.0525. The molecule has 0 radical (unpaired) electrons. The van der Waals surface area contributed by atoms with Crippen molar-refractivity contribution in [3.8, 4) is 0 Å². The Hall–Kier alpha value is -3.94. The number of carbonyl (C=O) groups excluding carboxylic acids is 2. The van der Waals surface area contributed by atoms with Gasteiger partial charge in [-0.05, 0) is 59.8 Å². The van der Waals surface area contributed by atoms with Gasteiger partial charge in [-0.2, -0.15) is 0 Å². The number of likely N-dealkylation sites (tertiary alicyclic amines) is 1. The number of benzene rings is 2. The highest BCUT2D eigenvalue weighted by Gasteiger charge is 2.40. The second-order valence-corrected chi connectivity index (χ2v) is 10.8. The van der Waals surface area contributed by atoms with Gasteiger partial charge in [-0.1, -0.05) is 6.07 Å². The van der Waals surface area contributed by atoms with Crippen LogP contribution in [0.2, 0.25) is 0 Å². The third-order valence-corrected chi connectivity index (χ3v) is 7.79. The fourth-order valence-electron chi connectivity index (χ4n) is 3.93. The Bertz CT molecular complexity index is 1420. The molecule has 0 spiro atoms. The molecule has 1 aliphatic rings. The zero-order valence-corrected chi connectivity index (χ0v) is 20.9. The fourth-order valence-corrected chi connectivity index (χ4v) is 5.28. The summed E-state index contributed by atoms with van der Waals surface area (Å²) in [4.78, 5) is 42.8. The van der Waals surface area contributed by atoms with E-state index in [0.717, 1.165) is 11.1 Å². The van der Waals surface area contributed by atoms with E-state index >= 15 is 0 Å². The van der Waals surface area contributed by atoms with E-state index in [-0.39, 0.29) is 29.7 Å². The highest BCUT2D eigenvalue weighted by molar-refractivity contribution is 7.89. The van der Waals surface area contributed by atoms with Crippen molar-refractivity contribution in [2.45, 2.75) is 29.9 Å². The van der Waals surface area contributed by atoms with Gasteiger partial charge in [0.1, 0.15) is 12.6 Å². The van der Waals surface area contributed by atoms with E-state index in [9.17, 15) is 28.1 Å². The Balaban J connectivity index is 1.47. The summed E-state index contributed by atoms with van der Waals surface area (Å²) < 4.78 is 28.2. The van der Waals surface area contributed by atoms with Gasteiger partial charge in [0.05, 0.1) is 21.7 Å². The summed E-state index contributed by atoms with van der Waals surface area (Å²) in [6, 6.07) is 14.1. The molecule has 192 valence electrons. The number of nitro benzene ring substituents is 1. The number of rotatable bonds is 8. The van der Waals surface area contributed by atoms with E-state index in [1.807, 2.05) is 17.5 Å². The SMILES string of the molecule is NS(=O)(=O)c1ccc(N=CC(=O)[C@@H]2C[C@H](c3cccs3)CN2C(=O)OCc2ccc([N+](=O)[O-])cc2)cc1. The molecule has 0 saturated carbocycles. The van der Waals surface area contributed by atoms with Crippen molar-refractivity contribution in [3.05, 3.63) is 86.6 Å². The first kappa shape index (κ1) is 26.1. The molecule has 2 heterocycles. The van der Waals surface area contributed by atoms with E-state index < -0.39 is 32.9 Å². The molecular weight excluding hydrogens is 520 g/mol. The maximum atomic E-state index is 13.1. The van der Waals surface area contributed by atoms with Crippen molar-refractivity contribution >= 4 is 50.8 Å². The lowest BCUT2D eigenvalue weighted by molar-refractivity contribution is -0.384. The number of ketones is 1. The first-order valence-electron chi connectivity index (χ1n) is 11.0. The van der Waals surface area contributed by atoms with Gasteiger partial charge in [-0.3, -0.25) is 24.8 Å². The number of primary sulfonamides is 1. The average Bonchev–Trinajstić information content (AvgIpc) is 3.56. The minimum Gasteiger partial charge on any atom is -0.445 e. The van der Waals surface area contributed by atoms with Crippen LogP contribution in [0.25, 0.3) is 0 Å². The van der Waals surface area contributed by atoms with Crippen LogP contribution >= 0.6 is 11.3 Å². The van der Waals surface area contributed by atoms with Crippen molar-refractivity contribution in [2.75, 3.05) is 6.54 Å². The van der Waals surface area contributed by atoms with Crippen molar-refractivity contribution in [2.24, 2.45) is 10.1 Å². The zero-order chi connectivity index (χ0) is 26.6. The number of nitro groups is 1. The predicted molar refractivity (Wildman–Crippen MR) is 136 cm³/mol. The number of amides is 1. The Labute approximate surface area is 216 Å². The molecule has 1 aromatic heterocycles. The number of aliphatic imine (C=N–C) groups is 1. The highest BCUT2D eigenvalue weighted by atomic mass is 32.2. The molecule has 13 heteroatoms. The van der Waals surface area contributed by atoms with Crippen LogP contribution in [0.15, 0.2) is 75.9 Å². The van der Waals surface area contributed by atoms with Gasteiger partial charge in [0.25, 0.3) is 5.69 Å². The molecule has 0 bridgehead atoms. The second kappa shape index (κ2) is 11.0. The van der Waals surface area contributed by atoms with Crippen LogP contribution in [0.5, 0.6) is 0 Å². The second-order valence-electron chi connectivity index (χ2n) is 8.29. The summed E-state index contributed by atoms with van der Waals surface area (Å²) in [6.45, 7) is 0.176. The maximum absolute atomic E-state index is 13.1. The first-order chi connectivity index (χ1) is 17.6. The highest BCUT2D eigenvalue weighted by Crippen LogP contribution is 2.35. The van der Waals surface area contributed by atoms with Crippen molar-refractivity contribution in [3.63, 3.8) is 0 Å². The normalized spacial score (nSPS) is 17.7.